The van der Waals surface area contributed by atoms with Crippen molar-refractivity contribution >= 4 is 26.9 Å². The molecule has 4 heteroatoms. The second-order valence-electron chi connectivity index (χ2n) is 3.24. The van der Waals surface area contributed by atoms with Crippen molar-refractivity contribution in [1.29, 1.82) is 0 Å². The molecule has 0 aliphatic heterocycles. The van der Waals surface area contributed by atoms with Crippen molar-refractivity contribution in [2.45, 2.75) is 13.5 Å². The van der Waals surface area contributed by atoms with Crippen LogP contribution in [0.1, 0.15) is 11.3 Å². The summed E-state index contributed by atoms with van der Waals surface area (Å²) in [6.45, 7) is 2.73. The highest BCUT2D eigenvalue weighted by atomic mass is 79.9. The molecule has 3 nitrogen and oxygen atoms in total. The zero-order chi connectivity index (χ0) is 10.1. The number of aromatic nitrogens is 1. The summed E-state index contributed by atoms with van der Waals surface area (Å²) in [6.07, 6.45) is 0. The number of hydrogen-bond donors (Lipinski definition) is 1. The molecule has 0 radical (unpaired) electrons. The third kappa shape index (κ3) is 1.55. The molecule has 0 aliphatic carbocycles. The number of rotatable bonds is 2. The number of hydrogen-bond acceptors (Lipinski definition) is 3. The Kier molecular flexibility index (Phi) is 2.56. The molecule has 2 rings (SSSR count). The van der Waals surface area contributed by atoms with E-state index in [4.69, 9.17) is 4.52 Å². The molecule has 0 saturated carbocycles. The number of benzene rings is 1. The van der Waals surface area contributed by atoms with Crippen molar-refractivity contribution in [3.05, 3.63) is 27.9 Å². The SMILES string of the molecule is CNCc1cc(Br)cc2c(C)noc12. The molecule has 0 unspecified atom stereocenters. The standard InChI is InChI=1S/C10H11BrN2O/c1-6-9-4-8(11)3-7(5-12-2)10(9)14-13-6/h3-4,12H,5H2,1-2H3. The lowest BCUT2D eigenvalue weighted by Gasteiger charge is -2.01. The van der Waals surface area contributed by atoms with Crippen molar-refractivity contribution in [2.75, 3.05) is 7.05 Å². The van der Waals surface area contributed by atoms with E-state index in [0.717, 1.165) is 33.2 Å². The number of halogens is 1. The first-order valence-electron chi connectivity index (χ1n) is 4.41. The molecule has 2 aromatic rings. The van der Waals surface area contributed by atoms with Crippen molar-refractivity contribution in [2.24, 2.45) is 0 Å². The summed E-state index contributed by atoms with van der Waals surface area (Å²) >= 11 is 3.47. The van der Waals surface area contributed by atoms with Crippen LogP contribution in [0.15, 0.2) is 21.1 Å². The number of nitrogens with one attached hydrogen (secondary N) is 1. The Morgan fingerprint density at radius 1 is 1.50 bits per heavy atom. The van der Waals surface area contributed by atoms with Gasteiger partial charge in [-0.05, 0) is 26.1 Å². The Morgan fingerprint density at radius 2 is 2.29 bits per heavy atom. The Bertz CT molecular complexity index is 464. The van der Waals surface area contributed by atoms with E-state index in [1.807, 2.05) is 26.1 Å². The van der Waals surface area contributed by atoms with Gasteiger partial charge in [-0.25, -0.2) is 0 Å². The van der Waals surface area contributed by atoms with Gasteiger partial charge in [0, 0.05) is 22.0 Å². The van der Waals surface area contributed by atoms with Gasteiger partial charge >= 0.3 is 0 Å². The lowest BCUT2D eigenvalue weighted by Crippen LogP contribution is -2.05. The van der Waals surface area contributed by atoms with Crippen LogP contribution in [0.25, 0.3) is 11.0 Å². The number of fused-ring (bicyclic) bond motifs is 1. The largest absolute Gasteiger partial charge is 0.356 e. The highest BCUT2D eigenvalue weighted by Gasteiger charge is 2.09. The molecule has 0 spiro atoms. The molecule has 74 valence electrons. The van der Waals surface area contributed by atoms with Gasteiger partial charge in [0.05, 0.1) is 5.69 Å². The summed E-state index contributed by atoms with van der Waals surface area (Å²) in [5.74, 6) is 0. The fourth-order valence-corrected chi connectivity index (χ4v) is 2.02. The minimum atomic E-state index is 0.782. The van der Waals surface area contributed by atoms with E-state index >= 15 is 0 Å². The average Bonchev–Trinajstić information content (AvgIpc) is 2.49. The van der Waals surface area contributed by atoms with Crippen LogP contribution in [0.4, 0.5) is 0 Å². The summed E-state index contributed by atoms with van der Waals surface area (Å²) in [6, 6.07) is 4.07. The second-order valence-corrected chi connectivity index (χ2v) is 4.16. The molecule has 1 N–H and O–H groups in total. The van der Waals surface area contributed by atoms with Crippen molar-refractivity contribution in [3.8, 4) is 0 Å². The second kappa shape index (κ2) is 3.71. The molecule has 0 saturated heterocycles. The number of nitrogens with zero attached hydrogens (tertiary/aromatic N) is 1. The van der Waals surface area contributed by atoms with E-state index in [2.05, 4.69) is 26.4 Å². The third-order valence-corrected chi connectivity index (χ3v) is 2.62. The summed E-state index contributed by atoms with van der Waals surface area (Å²) in [5, 5.41) is 8.13. The zero-order valence-electron chi connectivity index (χ0n) is 8.10. The maximum Gasteiger partial charge on any atom is 0.171 e. The van der Waals surface area contributed by atoms with Gasteiger partial charge < -0.3 is 9.84 Å². The van der Waals surface area contributed by atoms with Gasteiger partial charge in [-0.2, -0.15) is 0 Å². The monoisotopic (exact) mass is 254 g/mol. The Balaban J connectivity index is 2.68. The van der Waals surface area contributed by atoms with E-state index in [1.54, 1.807) is 0 Å². The van der Waals surface area contributed by atoms with Gasteiger partial charge in [0.2, 0.25) is 0 Å². The Labute approximate surface area is 90.6 Å². The Morgan fingerprint density at radius 3 is 3.00 bits per heavy atom. The highest BCUT2D eigenvalue weighted by molar-refractivity contribution is 9.10. The maximum atomic E-state index is 5.28. The van der Waals surface area contributed by atoms with E-state index in [-0.39, 0.29) is 0 Å². The van der Waals surface area contributed by atoms with Gasteiger partial charge in [0.25, 0.3) is 0 Å². The van der Waals surface area contributed by atoms with Crippen LogP contribution in [0.3, 0.4) is 0 Å². The molecule has 1 aromatic carbocycles. The smallest absolute Gasteiger partial charge is 0.171 e. The van der Waals surface area contributed by atoms with Crippen LogP contribution in [0.5, 0.6) is 0 Å². The van der Waals surface area contributed by atoms with Gasteiger partial charge in [-0.1, -0.05) is 21.1 Å². The highest BCUT2D eigenvalue weighted by Crippen LogP contribution is 2.26. The predicted molar refractivity (Wildman–Crippen MR) is 59.2 cm³/mol. The topological polar surface area (TPSA) is 38.1 Å². The van der Waals surface area contributed by atoms with E-state index < -0.39 is 0 Å². The van der Waals surface area contributed by atoms with E-state index in [1.165, 1.54) is 0 Å². The van der Waals surface area contributed by atoms with Crippen molar-refractivity contribution in [1.82, 2.24) is 10.5 Å². The van der Waals surface area contributed by atoms with Crippen molar-refractivity contribution < 1.29 is 4.52 Å². The van der Waals surface area contributed by atoms with Gasteiger partial charge in [-0.15, -0.1) is 0 Å². The molecule has 1 aromatic heterocycles. The van der Waals surface area contributed by atoms with Crippen LogP contribution in [0, 0.1) is 6.92 Å². The quantitative estimate of drug-likeness (QED) is 0.896. The van der Waals surface area contributed by atoms with Gasteiger partial charge in [-0.3, -0.25) is 0 Å². The molecule has 0 bridgehead atoms. The molecule has 0 aliphatic rings. The summed E-state index contributed by atoms with van der Waals surface area (Å²) in [7, 11) is 1.91. The van der Waals surface area contributed by atoms with Crippen LogP contribution < -0.4 is 5.32 Å². The first-order chi connectivity index (χ1) is 6.72. The molecule has 0 fully saturated rings. The van der Waals surface area contributed by atoms with Gasteiger partial charge in [0.1, 0.15) is 0 Å². The maximum absolute atomic E-state index is 5.28. The van der Waals surface area contributed by atoms with Crippen LogP contribution in [0.2, 0.25) is 0 Å². The molecular weight excluding hydrogens is 244 g/mol. The van der Waals surface area contributed by atoms with Gasteiger partial charge in [0.15, 0.2) is 5.58 Å². The first kappa shape index (κ1) is 9.68. The molecular formula is C10H11BrN2O. The van der Waals surface area contributed by atoms with Crippen molar-refractivity contribution in [3.63, 3.8) is 0 Å². The van der Waals surface area contributed by atoms with Crippen LogP contribution in [-0.2, 0) is 6.54 Å². The summed E-state index contributed by atoms with van der Waals surface area (Å²) < 4.78 is 6.33. The minimum absolute atomic E-state index is 0.782. The molecule has 0 atom stereocenters. The average molecular weight is 255 g/mol. The lowest BCUT2D eigenvalue weighted by molar-refractivity contribution is 0.447. The summed E-state index contributed by atoms with van der Waals surface area (Å²) in [5.41, 5.74) is 2.93. The lowest BCUT2D eigenvalue weighted by atomic mass is 10.1. The molecule has 0 amide bonds. The van der Waals surface area contributed by atoms with E-state index in [0.29, 0.717) is 0 Å². The van der Waals surface area contributed by atoms with E-state index in [9.17, 15) is 0 Å². The third-order valence-electron chi connectivity index (χ3n) is 2.16. The number of aryl methyl sites for hydroxylation is 1. The Hall–Kier alpha value is -0.870. The normalized spacial score (nSPS) is 11.1. The zero-order valence-corrected chi connectivity index (χ0v) is 9.68. The van der Waals surface area contributed by atoms with Crippen LogP contribution in [-0.4, -0.2) is 12.2 Å². The molecule has 14 heavy (non-hydrogen) atoms. The minimum Gasteiger partial charge on any atom is -0.356 e. The fourth-order valence-electron chi connectivity index (χ4n) is 1.51. The van der Waals surface area contributed by atoms with Crippen LogP contribution >= 0.6 is 15.9 Å². The predicted octanol–water partition coefficient (Wildman–Crippen LogP) is 2.62. The fraction of sp³-hybridized carbons (Fsp3) is 0.300. The molecule has 1 heterocycles. The first-order valence-corrected chi connectivity index (χ1v) is 5.20. The summed E-state index contributed by atoms with van der Waals surface area (Å²) in [4.78, 5) is 0.